The molecule has 3 aromatic rings. The highest BCUT2D eigenvalue weighted by molar-refractivity contribution is 6.30. The number of carboxylic acid groups (broad SMARTS) is 1. The van der Waals surface area contributed by atoms with E-state index in [0.717, 1.165) is 68.6 Å². The highest BCUT2D eigenvalue weighted by Crippen LogP contribution is 2.31. The average molecular weight is 496 g/mol. The number of halogens is 1. The van der Waals surface area contributed by atoms with Gasteiger partial charge in [-0.1, -0.05) is 23.7 Å². The van der Waals surface area contributed by atoms with E-state index in [4.69, 9.17) is 21.4 Å². The van der Waals surface area contributed by atoms with E-state index < -0.39 is 5.97 Å². The molecular formula is C26H30ClN5O3. The minimum Gasteiger partial charge on any atom is -0.481 e. The zero-order chi connectivity index (χ0) is 24.2. The second-order valence-electron chi connectivity index (χ2n) is 9.49. The minimum absolute atomic E-state index is 0.268. The molecule has 1 aromatic carbocycles. The molecule has 2 N–H and O–H groups in total. The standard InChI is InChI=1S/C26H30ClN5O3/c27-20-3-1-2-18(15-20)25-29-26(31-30-25)19-6-9-23(28-16-19)32-12-10-22(11-13-32)35-21-7-4-17(5-8-21)14-24(33)34/h1-3,6,9,15-17,21-22H,4-5,7-8,10-14H2,(H,33,34)(H,29,30,31). The van der Waals surface area contributed by atoms with Gasteiger partial charge in [0.2, 0.25) is 0 Å². The Morgan fingerprint density at radius 2 is 1.83 bits per heavy atom. The molecular weight excluding hydrogens is 466 g/mol. The summed E-state index contributed by atoms with van der Waals surface area (Å²) in [6.07, 6.45) is 8.45. The molecule has 1 saturated heterocycles. The zero-order valence-electron chi connectivity index (χ0n) is 19.6. The summed E-state index contributed by atoms with van der Waals surface area (Å²) in [5.74, 6) is 1.84. The van der Waals surface area contributed by atoms with Crippen LogP contribution in [0.5, 0.6) is 0 Å². The van der Waals surface area contributed by atoms with Crippen molar-refractivity contribution in [2.75, 3.05) is 18.0 Å². The maximum Gasteiger partial charge on any atom is 0.303 e. The maximum atomic E-state index is 10.9. The van der Waals surface area contributed by atoms with Crippen LogP contribution in [0.4, 0.5) is 5.82 Å². The third-order valence-electron chi connectivity index (χ3n) is 7.00. The lowest BCUT2D eigenvalue weighted by Crippen LogP contribution is -2.39. The van der Waals surface area contributed by atoms with Crippen molar-refractivity contribution >= 4 is 23.4 Å². The smallest absolute Gasteiger partial charge is 0.303 e. The first-order valence-corrected chi connectivity index (χ1v) is 12.7. The second-order valence-corrected chi connectivity index (χ2v) is 9.92. The van der Waals surface area contributed by atoms with Crippen LogP contribution in [0.2, 0.25) is 5.02 Å². The van der Waals surface area contributed by atoms with Crippen molar-refractivity contribution in [2.24, 2.45) is 5.92 Å². The molecule has 0 spiro atoms. The van der Waals surface area contributed by atoms with Crippen molar-refractivity contribution in [1.82, 2.24) is 20.2 Å². The summed E-state index contributed by atoms with van der Waals surface area (Å²) in [7, 11) is 0. The highest BCUT2D eigenvalue weighted by Gasteiger charge is 2.28. The average Bonchev–Trinajstić information content (AvgIpc) is 3.36. The summed E-state index contributed by atoms with van der Waals surface area (Å²) >= 11 is 6.09. The number of rotatable bonds is 7. The van der Waals surface area contributed by atoms with Crippen molar-refractivity contribution in [3.05, 3.63) is 47.6 Å². The van der Waals surface area contributed by atoms with E-state index in [1.54, 1.807) is 0 Å². The lowest BCUT2D eigenvalue weighted by atomic mass is 9.85. The van der Waals surface area contributed by atoms with Crippen LogP contribution in [-0.2, 0) is 9.53 Å². The number of H-pyrrole nitrogens is 1. The first-order valence-electron chi connectivity index (χ1n) is 12.3. The number of aromatic nitrogens is 4. The Morgan fingerprint density at radius 1 is 1.06 bits per heavy atom. The number of hydrogen-bond donors (Lipinski definition) is 2. The Hall–Kier alpha value is -2.97. The molecule has 2 aliphatic rings. The number of anilines is 1. The SMILES string of the molecule is O=C(O)CC1CCC(OC2CCN(c3ccc(-c4n[nH]c(-c5cccc(Cl)c5)n4)cn3)CC2)CC1. The highest BCUT2D eigenvalue weighted by atomic mass is 35.5. The summed E-state index contributed by atoms with van der Waals surface area (Å²) in [5, 5.41) is 17.0. The van der Waals surface area contributed by atoms with E-state index in [9.17, 15) is 4.79 Å². The fourth-order valence-corrected chi connectivity index (χ4v) is 5.26. The van der Waals surface area contributed by atoms with Crippen LogP contribution in [0.3, 0.4) is 0 Å². The Morgan fingerprint density at radius 3 is 2.51 bits per heavy atom. The second kappa shape index (κ2) is 10.7. The minimum atomic E-state index is -0.689. The molecule has 2 fully saturated rings. The number of ether oxygens (including phenoxy) is 1. The van der Waals surface area contributed by atoms with E-state index in [2.05, 4.69) is 25.1 Å². The molecule has 0 atom stereocenters. The summed E-state index contributed by atoms with van der Waals surface area (Å²) in [4.78, 5) is 22.5. The number of aromatic amines is 1. The Bertz CT molecular complexity index is 1140. The summed E-state index contributed by atoms with van der Waals surface area (Å²) < 4.78 is 6.37. The Balaban J connectivity index is 1.12. The molecule has 0 bridgehead atoms. The molecule has 0 amide bonds. The van der Waals surface area contributed by atoms with E-state index in [-0.39, 0.29) is 18.6 Å². The molecule has 8 nitrogen and oxygen atoms in total. The number of benzene rings is 1. The number of aliphatic carboxylic acids is 1. The molecule has 2 aromatic heterocycles. The Kier molecular flexibility index (Phi) is 7.29. The van der Waals surface area contributed by atoms with Crippen molar-refractivity contribution < 1.29 is 14.6 Å². The van der Waals surface area contributed by atoms with Crippen LogP contribution in [0.1, 0.15) is 44.9 Å². The molecule has 3 heterocycles. The van der Waals surface area contributed by atoms with Gasteiger partial charge in [-0.3, -0.25) is 9.89 Å². The largest absolute Gasteiger partial charge is 0.481 e. The quantitative estimate of drug-likeness (QED) is 0.463. The van der Waals surface area contributed by atoms with Crippen LogP contribution in [0, 0.1) is 5.92 Å². The molecule has 1 aliphatic heterocycles. The van der Waals surface area contributed by atoms with E-state index in [1.165, 1.54) is 0 Å². The Labute approximate surface area is 209 Å². The molecule has 1 saturated carbocycles. The summed E-state index contributed by atoms with van der Waals surface area (Å²) in [6.45, 7) is 1.82. The van der Waals surface area contributed by atoms with Crippen LogP contribution < -0.4 is 4.90 Å². The lowest BCUT2D eigenvalue weighted by molar-refractivity contribution is -0.138. The molecule has 5 rings (SSSR count). The van der Waals surface area contributed by atoms with Gasteiger partial charge in [0.1, 0.15) is 5.82 Å². The topological polar surface area (TPSA) is 104 Å². The van der Waals surface area contributed by atoms with Gasteiger partial charge < -0.3 is 14.7 Å². The van der Waals surface area contributed by atoms with Gasteiger partial charge in [0.25, 0.3) is 0 Å². The van der Waals surface area contributed by atoms with Crippen LogP contribution in [0.25, 0.3) is 22.8 Å². The lowest BCUT2D eigenvalue weighted by Gasteiger charge is -2.36. The number of nitrogens with zero attached hydrogens (tertiary/aromatic N) is 4. The number of pyridine rings is 1. The van der Waals surface area contributed by atoms with Gasteiger partial charge in [-0.25, -0.2) is 9.97 Å². The third kappa shape index (κ3) is 6.00. The molecule has 35 heavy (non-hydrogen) atoms. The molecule has 0 radical (unpaired) electrons. The van der Waals surface area contributed by atoms with Crippen molar-refractivity contribution in [3.8, 4) is 22.8 Å². The van der Waals surface area contributed by atoms with Gasteiger partial charge in [0.05, 0.1) is 12.2 Å². The fraction of sp³-hybridized carbons (Fsp3) is 0.462. The van der Waals surface area contributed by atoms with Gasteiger partial charge >= 0.3 is 5.97 Å². The van der Waals surface area contributed by atoms with Gasteiger partial charge in [-0.15, -0.1) is 0 Å². The molecule has 9 heteroatoms. The fourth-order valence-electron chi connectivity index (χ4n) is 5.07. The van der Waals surface area contributed by atoms with Gasteiger partial charge in [-0.05, 0) is 68.7 Å². The van der Waals surface area contributed by atoms with Crippen LogP contribution in [0.15, 0.2) is 42.6 Å². The number of nitrogens with one attached hydrogen (secondary N) is 1. The van der Waals surface area contributed by atoms with Crippen LogP contribution in [-0.4, -0.2) is 56.5 Å². The first-order chi connectivity index (χ1) is 17.0. The number of carbonyl (C=O) groups is 1. The van der Waals surface area contributed by atoms with Crippen molar-refractivity contribution in [1.29, 1.82) is 0 Å². The van der Waals surface area contributed by atoms with Gasteiger partial charge in [0.15, 0.2) is 11.6 Å². The van der Waals surface area contributed by atoms with Crippen LogP contribution >= 0.6 is 11.6 Å². The molecule has 0 unspecified atom stereocenters. The molecule has 184 valence electrons. The van der Waals surface area contributed by atoms with E-state index >= 15 is 0 Å². The van der Waals surface area contributed by atoms with Gasteiger partial charge in [0, 0.05) is 41.9 Å². The maximum absolute atomic E-state index is 10.9. The number of hydrogen-bond acceptors (Lipinski definition) is 6. The van der Waals surface area contributed by atoms with Crippen molar-refractivity contribution in [2.45, 2.75) is 57.2 Å². The third-order valence-corrected chi connectivity index (χ3v) is 7.23. The van der Waals surface area contributed by atoms with E-state index in [0.29, 0.717) is 22.6 Å². The predicted octanol–water partition coefficient (Wildman–Crippen LogP) is 5.21. The van der Waals surface area contributed by atoms with Gasteiger partial charge in [-0.2, -0.15) is 5.10 Å². The number of piperidine rings is 1. The van der Waals surface area contributed by atoms with Crippen molar-refractivity contribution in [3.63, 3.8) is 0 Å². The predicted molar refractivity (Wildman–Crippen MR) is 134 cm³/mol. The zero-order valence-corrected chi connectivity index (χ0v) is 20.3. The van der Waals surface area contributed by atoms with E-state index in [1.807, 2.05) is 42.6 Å². The number of carboxylic acids is 1. The summed E-state index contributed by atoms with van der Waals surface area (Å²) in [5.41, 5.74) is 1.74. The first kappa shape index (κ1) is 23.8. The monoisotopic (exact) mass is 495 g/mol. The normalized spacial score (nSPS) is 21.2. The molecule has 1 aliphatic carbocycles. The summed E-state index contributed by atoms with van der Waals surface area (Å²) in [6, 6.07) is 11.5.